The van der Waals surface area contributed by atoms with E-state index in [1.807, 2.05) is 6.92 Å². The fourth-order valence-corrected chi connectivity index (χ4v) is 1.95. The molecule has 1 aliphatic heterocycles. The predicted octanol–water partition coefficient (Wildman–Crippen LogP) is 1.51. The van der Waals surface area contributed by atoms with Gasteiger partial charge in [-0.3, -0.25) is 4.79 Å². The zero-order valence-corrected chi connectivity index (χ0v) is 9.43. The molecule has 1 fully saturated rings. The summed E-state index contributed by atoms with van der Waals surface area (Å²) < 4.78 is 5.57. The van der Waals surface area contributed by atoms with Crippen molar-refractivity contribution < 1.29 is 9.53 Å². The number of nitrogens with zero attached hydrogens (tertiary/aromatic N) is 2. The summed E-state index contributed by atoms with van der Waals surface area (Å²) >= 11 is 0. The van der Waals surface area contributed by atoms with E-state index < -0.39 is 0 Å². The molecule has 2 heterocycles. The van der Waals surface area contributed by atoms with Crippen LogP contribution in [0.3, 0.4) is 0 Å². The van der Waals surface area contributed by atoms with Crippen molar-refractivity contribution in [3.63, 3.8) is 0 Å². The Morgan fingerprint density at radius 1 is 1.62 bits per heavy atom. The molecule has 16 heavy (non-hydrogen) atoms. The maximum atomic E-state index is 10.9. The van der Waals surface area contributed by atoms with E-state index >= 15 is 0 Å². The largest absolute Gasteiger partial charge is 0.377 e. The molecular weight excluding hydrogens is 204 g/mol. The van der Waals surface area contributed by atoms with Crippen molar-refractivity contribution in [3.05, 3.63) is 23.9 Å². The highest BCUT2D eigenvalue weighted by Gasteiger charge is 2.18. The van der Waals surface area contributed by atoms with Crippen molar-refractivity contribution in [3.8, 4) is 0 Å². The summed E-state index contributed by atoms with van der Waals surface area (Å²) in [5, 5.41) is 0. The second kappa shape index (κ2) is 5.07. The van der Waals surface area contributed by atoms with Gasteiger partial charge < -0.3 is 9.64 Å². The van der Waals surface area contributed by atoms with Crippen LogP contribution in [0.5, 0.6) is 0 Å². The highest BCUT2D eigenvalue weighted by molar-refractivity contribution is 5.82. The predicted molar refractivity (Wildman–Crippen MR) is 61.9 cm³/mol. The molecule has 2 rings (SSSR count). The van der Waals surface area contributed by atoms with Crippen LogP contribution in [0.4, 0.5) is 5.82 Å². The van der Waals surface area contributed by atoms with Crippen LogP contribution in [0.25, 0.3) is 0 Å². The average Bonchev–Trinajstić information content (AvgIpc) is 2.54. The molecule has 0 saturated carbocycles. The monoisotopic (exact) mass is 220 g/mol. The standard InChI is InChI=1S/C12H16N2O2/c1-10-8-14(6-3-7-16-10)12-11(9-15)4-2-5-13-12/h2,4-5,9-10H,3,6-8H2,1H3. The fourth-order valence-electron chi connectivity index (χ4n) is 1.95. The SMILES string of the molecule is CC1CN(c2ncccc2C=O)CCCO1. The van der Waals surface area contributed by atoms with Gasteiger partial charge in [0.15, 0.2) is 6.29 Å². The van der Waals surface area contributed by atoms with Gasteiger partial charge in [-0.25, -0.2) is 4.98 Å². The first-order valence-electron chi connectivity index (χ1n) is 5.58. The quantitative estimate of drug-likeness (QED) is 0.708. The van der Waals surface area contributed by atoms with Crippen molar-refractivity contribution in [2.45, 2.75) is 19.4 Å². The lowest BCUT2D eigenvalue weighted by Crippen LogP contribution is -2.31. The van der Waals surface area contributed by atoms with E-state index in [1.54, 1.807) is 18.3 Å². The van der Waals surface area contributed by atoms with Gasteiger partial charge in [0.2, 0.25) is 0 Å². The van der Waals surface area contributed by atoms with Crippen molar-refractivity contribution in [2.75, 3.05) is 24.6 Å². The molecule has 86 valence electrons. The zero-order chi connectivity index (χ0) is 11.4. The minimum atomic E-state index is 0.184. The van der Waals surface area contributed by atoms with Crippen molar-refractivity contribution in [1.29, 1.82) is 0 Å². The second-order valence-corrected chi connectivity index (χ2v) is 4.02. The maximum absolute atomic E-state index is 10.9. The van der Waals surface area contributed by atoms with Crippen LogP contribution in [0.2, 0.25) is 0 Å². The van der Waals surface area contributed by atoms with Gasteiger partial charge in [0.05, 0.1) is 11.7 Å². The number of carbonyl (C=O) groups excluding carboxylic acids is 1. The van der Waals surface area contributed by atoms with Gasteiger partial charge in [-0.1, -0.05) is 0 Å². The number of ether oxygens (including phenoxy) is 1. The van der Waals surface area contributed by atoms with Gasteiger partial charge in [0, 0.05) is 25.9 Å². The van der Waals surface area contributed by atoms with Gasteiger partial charge in [-0.2, -0.15) is 0 Å². The van der Waals surface area contributed by atoms with Crippen LogP contribution < -0.4 is 4.90 Å². The van der Waals surface area contributed by atoms with Gasteiger partial charge in [-0.05, 0) is 25.5 Å². The number of anilines is 1. The molecule has 0 spiro atoms. The third-order valence-corrected chi connectivity index (χ3v) is 2.70. The summed E-state index contributed by atoms with van der Waals surface area (Å²) in [6, 6.07) is 3.58. The lowest BCUT2D eigenvalue weighted by atomic mass is 10.2. The number of aldehydes is 1. The van der Waals surface area contributed by atoms with E-state index in [0.717, 1.165) is 38.2 Å². The lowest BCUT2D eigenvalue weighted by Gasteiger charge is -2.24. The summed E-state index contributed by atoms with van der Waals surface area (Å²) in [6.07, 6.45) is 3.74. The molecular formula is C12H16N2O2. The Labute approximate surface area is 95.2 Å². The molecule has 0 amide bonds. The molecule has 1 unspecified atom stereocenters. The molecule has 4 heteroatoms. The van der Waals surface area contributed by atoms with Gasteiger partial charge in [0.25, 0.3) is 0 Å². The number of pyridine rings is 1. The van der Waals surface area contributed by atoms with Crippen LogP contribution in [0.1, 0.15) is 23.7 Å². The van der Waals surface area contributed by atoms with Crippen LogP contribution in [-0.2, 0) is 4.74 Å². The van der Waals surface area contributed by atoms with E-state index in [0.29, 0.717) is 5.56 Å². The molecule has 0 N–H and O–H groups in total. The molecule has 0 aromatic carbocycles. The Morgan fingerprint density at radius 2 is 2.50 bits per heavy atom. The summed E-state index contributed by atoms with van der Waals surface area (Å²) in [5.41, 5.74) is 0.650. The first-order valence-corrected chi connectivity index (χ1v) is 5.58. The minimum Gasteiger partial charge on any atom is -0.377 e. The smallest absolute Gasteiger partial charge is 0.153 e. The van der Waals surface area contributed by atoms with Gasteiger partial charge in [0.1, 0.15) is 5.82 Å². The van der Waals surface area contributed by atoms with Crippen LogP contribution in [-0.4, -0.2) is 37.1 Å². The first kappa shape index (κ1) is 11.1. The van der Waals surface area contributed by atoms with E-state index in [4.69, 9.17) is 4.74 Å². The number of rotatable bonds is 2. The topological polar surface area (TPSA) is 42.4 Å². The van der Waals surface area contributed by atoms with Crippen LogP contribution >= 0.6 is 0 Å². The Balaban J connectivity index is 2.24. The second-order valence-electron chi connectivity index (χ2n) is 4.02. The summed E-state index contributed by atoms with van der Waals surface area (Å²) in [4.78, 5) is 17.4. The summed E-state index contributed by atoms with van der Waals surface area (Å²) in [6.45, 7) is 4.50. The Bertz CT molecular complexity index is 368. The molecule has 1 aliphatic rings. The summed E-state index contributed by atoms with van der Waals surface area (Å²) in [5.74, 6) is 0.773. The minimum absolute atomic E-state index is 0.184. The van der Waals surface area contributed by atoms with Crippen LogP contribution in [0.15, 0.2) is 18.3 Å². The number of carbonyl (C=O) groups is 1. The van der Waals surface area contributed by atoms with Gasteiger partial charge in [-0.15, -0.1) is 0 Å². The van der Waals surface area contributed by atoms with E-state index in [-0.39, 0.29) is 6.10 Å². The maximum Gasteiger partial charge on any atom is 0.153 e. The Kier molecular flexibility index (Phi) is 3.51. The highest BCUT2D eigenvalue weighted by Crippen LogP contribution is 2.18. The first-order chi connectivity index (χ1) is 7.81. The average molecular weight is 220 g/mol. The highest BCUT2D eigenvalue weighted by atomic mass is 16.5. The van der Waals surface area contributed by atoms with Crippen molar-refractivity contribution >= 4 is 12.1 Å². The van der Waals surface area contributed by atoms with E-state index in [1.165, 1.54) is 0 Å². The molecule has 1 aromatic heterocycles. The Hall–Kier alpha value is -1.42. The third kappa shape index (κ3) is 2.39. The van der Waals surface area contributed by atoms with E-state index in [9.17, 15) is 4.79 Å². The fraction of sp³-hybridized carbons (Fsp3) is 0.500. The number of aromatic nitrogens is 1. The normalized spacial score (nSPS) is 21.6. The lowest BCUT2D eigenvalue weighted by molar-refractivity contribution is 0.0820. The molecule has 1 aromatic rings. The van der Waals surface area contributed by atoms with Crippen molar-refractivity contribution in [2.24, 2.45) is 0 Å². The van der Waals surface area contributed by atoms with Crippen LogP contribution in [0, 0.1) is 0 Å². The molecule has 1 atom stereocenters. The van der Waals surface area contributed by atoms with Crippen molar-refractivity contribution in [1.82, 2.24) is 4.98 Å². The van der Waals surface area contributed by atoms with Gasteiger partial charge >= 0.3 is 0 Å². The number of hydrogen-bond donors (Lipinski definition) is 0. The number of hydrogen-bond acceptors (Lipinski definition) is 4. The third-order valence-electron chi connectivity index (χ3n) is 2.70. The molecule has 0 radical (unpaired) electrons. The zero-order valence-electron chi connectivity index (χ0n) is 9.43. The molecule has 4 nitrogen and oxygen atoms in total. The summed E-state index contributed by atoms with van der Waals surface area (Å²) in [7, 11) is 0. The Morgan fingerprint density at radius 3 is 3.31 bits per heavy atom. The van der Waals surface area contributed by atoms with E-state index in [2.05, 4.69) is 9.88 Å². The molecule has 0 bridgehead atoms. The molecule has 0 aliphatic carbocycles. The molecule has 1 saturated heterocycles.